The predicted octanol–water partition coefficient (Wildman–Crippen LogP) is 1.82. The lowest BCUT2D eigenvalue weighted by atomic mass is 10.1. The van der Waals surface area contributed by atoms with E-state index in [2.05, 4.69) is 31.8 Å². The van der Waals surface area contributed by atoms with Gasteiger partial charge in [0, 0.05) is 50.5 Å². The van der Waals surface area contributed by atoms with Gasteiger partial charge in [-0.1, -0.05) is 17.0 Å². The zero-order chi connectivity index (χ0) is 14.1. The molecule has 0 saturated carbocycles. The van der Waals surface area contributed by atoms with Crippen LogP contribution in [0.1, 0.15) is 30.9 Å². The molecule has 112 valence electrons. The van der Waals surface area contributed by atoms with E-state index in [4.69, 9.17) is 4.74 Å². The summed E-state index contributed by atoms with van der Waals surface area (Å²) < 4.78 is 7.37. The Hall–Kier alpha value is -1.34. The van der Waals surface area contributed by atoms with Crippen molar-refractivity contribution in [1.29, 1.82) is 0 Å². The van der Waals surface area contributed by atoms with Crippen LogP contribution < -0.4 is 0 Å². The maximum absolute atomic E-state index is 5.41. The lowest BCUT2D eigenvalue weighted by Gasteiger charge is -2.25. The first-order valence-electron chi connectivity index (χ1n) is 7.55. The molecule has 0 spiro atoms. The Balaban J connectivity index is 1.36. The van der Waals surface area contributed by atoms with Gasteiger partial charge in [0.1, 0.15) is 0 Å². The molecule has 7 heteroatoms. The van der Waals surface area contributed by atoms with Gasteiger partial charge in [0.2, 0.25) is 0 Å². The van der Waals surface area contributed by atoms with Gasteiger partial charge in [-0.3, -0.25) is 9.67 Å². The third kappa shape index (κ3) is 2.72. The van der Waals surface area contributed by atoms with Gasteiger partial charge >= 0.3 is 0 Å². The Morgan fingerprint density at radius 1 is 1.43 bits per heavy atom. The second kappa shape index (κ2) is 5.81. The fraction of sp³-hybridized carbons (Fsp3) is 0.643. The molecule has 1 unspecified atom stereocenters. The van der Waals surface area contributed by atoms with E-state index in [1.807, 2.05) is 4.68 Å². The molecule has 0 bridgehead atoms. The Bertz CT molecular complexity index is 576. The van der Waals surface area contributed by atoms with E-state index in [0.717, 1.165) is 57.8 Å². The first-order chi connectivity index (χ1) is 10.4. The molecule has 3 aliphatic heterocycles. The van der Waals surface area contributed by atoms with Crippen molar-refractivity contribution in [2.75, 3.05) is 26.3 Å². The topological polar surface area (TPSA) is 55.5 Å². The van der Waals surface area contributed by atoms with Crippen molar-refractivity contribution in [3.63, 3.8) is 0 Å². The molecule has 4 rings (SSSR count). The van der Waals surface area contributed by atoms with Crippen molar-refractivity contribution in [3.05, 3.63) is 23.0 Å². The zero-order valence-corrected chi connectivity index (χ0v) is 12.8. The number of fused-ring (bicyclic) bond motifs is 1. The van der Waals surface area contributed by atoms with E-state index >= 15 is 0 Å². The van der Waals surface area contributed by atoms with E-state index in [1.165, 1.54) is 10.9 Å². The number of ether oxygens (including phenoxy) is 1. The number of aliphatic imine (C=N–C) groups is 1. The average Bonchev–Trinajstić information content (AvgIpc) is 3.25. The van der Waals surface area contributed by atoms with Crippen LogP contribution in [0.15, 0.2) is 22.3 Å². The highest BCUT2D eigenvalue weighted by Crippen LogP contribution is 2.30. The van der Waals surface area contributed by atoms with E-state index in [-0.39, 0.29) is 0 Å². The molecule has 0 radical (unpaired) electrons. The van der Waals surface area contributed by atoms with Gasteiger partial charge in [-0.25, -0.2) is 0 Å². The number of hydrogen-bond donors (Lipinski definition) is 0. The highest BCUT2D eigenvalue weighted by Gasteiger charge is 2.25. The molecule has 4 heterocycles. The maximum Gasteiger partial charge on any atom is 0.167 e. The van der Waals surface area contributed by atoms with Gasteiger partial charge in [0.15, 0.2) is 5.17 Å². The van der Waals surface area contributed by atoms with Crippen LogP contribution >= 0.6 is 11.8 Å². The van der Waals surface area contributed by atoms with E-state index in [0.29, 0.717) is 5.92 Å². The maximum atomic E-state index is 5.41. The third-order valence-corrected chi connectivity index (χ3v) is 5.12. The third-order valence-electron chi connectivity index (χ3n) is 4.17. The molecule has 0 N–H and O–H groups in total. The van der Waals surface area contributed by atoms with Gasteiger partial charge < -0.3 is 9.64 Å². The Labute approximate surface area is 128 Å². The van der Waals surface area contributed by atoms with Crippen LogP contribution in [-0.2, 0) is 11.3 Å². The fourth-order valence-electron chi connectivity index (χ4n) is 2.94. The van der Waals surface area contributed by atoms with E-state index in [1.54, 1.807) is 11.8 Å². The summed E-state index contributed by atoms with van der Waals surface area (Å²) in [5.41, 5.74) is 2.43. The number of thioether (sulfide) groups is 1. The number of aromatic nitrogens is 3. The minimum absolute atomic E-state index is 0.431. The van der Waals surface area contributed by atoms with Crippen LogP contribution in [0.3, 0.4) is 0 Å². The summed E-state index contributed by atoms with van der Waals surface area (Å²) in [7, 11) is 0. The van der Waals surface area contributed by atoms with Gasteiger partial charge in [0.25, 0.3) is 0 Å². The Morgan fingerprint density at radius 2 is 2.43 bits per heavy atom. The van der Waals surface area contributed by atoms with E-state index in [9.17, 15) is 0 Å². The SMILES string of the molecule is C1=C(CCn2cc(C3CCOC3)nn2)N2CCCN=C2S1. The molecule has 1 fully saturated rings. The summed E-state index contributed by atoms with van der Waals surface area (Å²) in [5.74, 6) is 0.431. The summed E-state index contributed by atoms with van der Waals surface area (Å²) >= 11 is 1.75. The molecular formula is C14H19N5OS. The van der Waals surface area contributed by atoms with Crippen molar-refractivity contribution in [3.8, 4) is 0 Å². The molecular weight excluding hydrogens is 286 g/mol. The van der Waals surface area contributed by atoms with E-state index < -0.39 is 0 Å². The normalized spacial score (nSPS) is 25.0. The van der Waals surface area contributed by atoms with Crippen LogP contribution in [0.5, 0.6) is 0 Å². The number of hydrogen-bond acceptors (Lipinski definition) is 6. The second-order valence-corrected chi connectivity index (χ2v) is 6.45. The van der Waals surface area contributed by atoms with Gasteiger partial charge in [0.05, 0.1) is 12.3 Å². The second-order valence-electron chi connectivity index (χ2n) is 5.61. The highest BCUT2D eigenvalue weighted by molar-refractivity contribution is 8.16. The average molecular weight is 305 g/mol. The monoisotopic (exact) mass is 305 g/mol. The molecule has 0 aliphatic carbocycles. The fourth-order valence-corrected chi connectivity index (χ4v) is 3.92. The first kappa shape index (κ1) is 13.3. The van der Waals surface area contributed by atoms with Crippen LogP contribution in [0.2, 0.25) is 0 Å². The minimum Gasteiger partial charge on any atom is -0.381 e. The molecule has 21 heavy (non-hydrogen) atoms. The van der Waals surface area contributed by atoms with Crippen LogP contribution in [-0.4, -0.2) is 51.4 Å². The van der Waals surface area contributed by atoms with Crippen molar-refractivity contribution < 1.29 is 4.74 Å². The summed E-state index contributed by atoms with van der Waals surface area (Å²) in [5, 5.41) is 11.9. The lowest BCUT2D eigenvalue weighted by molar-refractivity contribution is 0.193. The number of aryl methyl sites for hydroxylation is 1. The minimum atomic E-state index is 0.431. The summed E-state index contributed by atoms with van der Waals surface area (Å²) in [6.45, 7) is 4.57. The molecule has 6 nitrogen and oxygen atoms in total. The van der Waals surface area contributed by atoms with Crippen LogP contribution in [0.25, 0.3) is 0 Å². The Kier molecular flexibility index (Phi) is 3.69. The van der Waals surface area contributed by atoms with Crippen molar-refractivity contribution in [1.82, 2.24) is 19.9 Å². The molecule has 0 aromatic carbocycles. The quantitative estimate of drug-likeness (QED) is 0.849. The number of allylic oxidation sites excluding steroid dienone is 1. The van der Waals surface area contributed by atoms with Gasteiger partial charge in [-0.05, 0) is 18.2 Å². The first-order valence-corrected chi connectivity index (χ1v) is 8.43. The van der Waals surface area contributed by atoms with Crippen LogP contribution in [0.4, 0.5) is 0 Å². The number of rotatable bonds is 4. The summed E-state index contributed by atoms with van der Waals surface area (Å²) in [6.07, 6.45) is 5.27. The standard InChI is InChI=1S/C14H19N5OS/c1-4-15-14-19(5-1)12(10-21-14)2-6-18-8-13(16-17-18)11-3-7-20-9-11/h8,10-11H,1-7,9H2. The summed E-state index contributed by atoms with van der Waals surface area (Å²) in [4.78, 5) is 6.90. The Morgan fingerprint density at radius 3 is 3.33 bits per heavy atom. The van der Waals surface area contributed by atoms with Crippen LogP contribution in [0, 0.1) is 0 Å². The highest BCUT2D eigenvalue weighted by atomic mass is 32.2. The smallest absolute Gasteiger partial charge is 0.167 e. The largest absolute Gasteiger partial charge is 0.381 e. The molecule has 0 amide bonds. The molecule has 3 aliphatic rings. The molecule has 1 saturated heterocycles. The van der Waals surface area contributed by atoms with Gasteiger partial charge in [-0.2, -0.15) is 0 Å². The van der Waals surface area contributed by atoms with Crippen molar-refractivity contribution in [2.45, 2.75) is 31.7 Å². The number of amidine groups is 1. The number of nitrogens with zero attached hydrogens (tertiary/aromatic N) is 5. The zero-order valence-electron chi connectivity index (χ0n) is 11.9. The predicted molar refractivity (Wildman–Crippen MR) is 82.1 cm³/mol. The van der Waals surface area contributed by atoms with Crippen molar-refractivity contribution in [2.24, 2.45) is 4.99 Å². The van der Waals surface area contributed by atoms with Crippen molar-refractivity contribution >= 4 is 16.9 Å². The molecule has 1 atom stereocenters. The summed E-state index contributed by atoms with van der Waals surface area (Å²) in [6, 6.07) is 0. The lowest BCUT2D eigenvalue weighted by Crippen LogP contribution is -2.30. The molecule has 1 aromatic rings. The van der Waals surface area contributed by atoms with Gasteiger partial charge in [-0.15, -0.1) is 5.10 Å². The molecule has 1 aromatic heterocycles.